The van der Waals surface area contributed by atoms with E-state index in [4.69, 9.17) is 14.5 Å². The highest BCUT2D eigenvalue weighted by molar-refractivity contribution is 6.00. The highest BCUT2D eigenvalue weighted by Gasteiger charge is 2.49. The Balaban J connectivity index is 1.14. The quantitative estimate of drug-likeness (QED) is 0.212. The third-order valence-corrected chi connectivity index (χ3v) is 11.5. The largest absolute Gasteiger partial charge is 0.461 e. The van der Waals surface area contributed by atoms with Gasteiger partial charge in [-0.05, 0) is 48.7 Å². The number of hydrogen-bond acceptors (Lipinski definition) is 10. The van der Waals surface area contributed by atoms with Crippen LogP contribution in [-0.4, -0.2) is 125 Å². The molecule has 54 heavy (non-hydrogen) atoms. The van der Waals surface area contributed by atoms with Gasteiger partial charge in [0.1, 0.15) is 35.6 Å². The van der Waals surface area contributed by atoms with Gasteiger partial charge >= 0.3 is 6.01 Å². The van der Waals surface area contributed by atoms with Crippen LogP contribution in [0.25, 0.3) is 32.9 Å². The van der Waals surface area contributed by atoms with Crippen LogP contribution < -0.4 is 9.64 Å². The zero-order chi connectivity index (χ0) is 37.4. The van der Waals surface area contributed by atoms with Gasteiger partial charge in [-0.1, -0.05) is 30.3 Å². The lowest BCUT2D eigenvalue weighted by Crippen LogP contribution is -2.55. The van der Waals surface area contributed by atoms with Crippen molar-refractivity contribution >= 4 is 33.4 Å². The summed E-state index contributed by atoms with van der Waals surface area (Å²) in [6.45, 7) is 7.50. The fourth-order valence-electron chi connectivity index (χ4n) is 8.65. The number of nitriles is 1. The van der Waals surface area contributed by atoms with Crippen LogP contribution in [0, 0.1) is 29.9 Å². The standard InChI is InChI=1S/C40H43F3N8O3/c1-26-29-5-2-6-31(30(29)8-9-33(26)42)36-35(43)37-32(22-45-36)38(47-39(46-37)54-25-40-11-4-14-50(40)23-27(41)21-40)49-15-16-51(28(24-49)10-12-44)34(52)7-3-13-48-17-19-53-20-18-48/h2-3,5-9,22,27-28H,4,10-11,13-21,23-25H2,1H3/b7-3+/t27-,28+,40+/m1/s1. The second-order valence-electron chi connectivity index (χ2n) is 14.8. The van der Waals surface area contributed by atoms with E-state index in [0.717, 1.165) is 32.5 Å². The van der Waals surface area contributed by atoms with Crippen LogP contribution in [0.1, 0.15) is 31.2 Å². The van der Waals surface area contributed by atoms with Gasteiger partial charge in [-0.3, -0.25) is 19.6 Å². The van der Waals surface area contributed by atoms with E-state index >= 15 is 4.39 Å². The topological polar surface area (TPSA) is 111 Å². The van der Waals surface area contributed by atoms with Crippen molar-refractivity contribution < 1.29 is 27.4 Å². The summed E-state index contributed by atoms with van der Waals surface area (Å²) < 4.78 is 57.7. The summed E-state index contributed by atoms with van der Waals surface area (Å²) in [5, 5.41) is 11.4. The predicted molar refractivity (Wildman–Crippen MR) is 198 cm³/mol. The van der Waals surface area contributed by atoms with E-state index in [-0.39, 0.29) is 48.5 Å². The maximum absolute atomic E-state index is 16.9. The number of alkyl halides is 1. The molecule has 0 spiro atoms. The van der Waals surface area contributed by atoms with E-state index < -0.39 is 23.6 Å². The lowest BCUT2D eigenvalue weighted by Gasteiger charge is -2.41. The number of pyridine rings is 1. The van der Waals surface area contributed by atoms with Crippen molar-refractivity contribution in [3.05, 3.63) is 65.9 Å². The Kier molecular flexibility index (Phi) is 10.1. The van der Waals surface area contributed by atoms with E-state index in [2.05, 4.69) is 25.8 Å². The number of carbonyl (C=O) groups is 1. The van der Waals surface area contributed by atoms with Crippen molar-refractivity contribution in [2.75, 3.05) is 77.1 Å². The SMILES string of the molecule is Cc1c(F)ccc2c(-c3ncc4c(N5CCN(C(=O)/C=C/CN6CCOCC6)[C@@H](CC#N)C5)nc(OC[C@@]56CCCN5C[C@H](F)C6)nc4c3F)cccc12. The normalized spacial score (nSPS) is 23.8. The molecule has 4 aromatic rings. The number of piperazine rings is 1. The first-order valence-corrected chi connectivity index (χ1v) is 18.7. The molecule has 1 amide bonds. The van der Waals surface area contributed by atoms with E-state index in [1.54, 1.807) is 42.2 Å². The number of rotatable bonds is 9. The molecule has 2 aromatic carbocycles. The zero-order valence-electron chi connectivity index (χ0n) is 30.3. The summed E-state index contributed by atoms with van der Waals surface area (Å²) >= 11 is 0. The maximum atomic E-state index is 16.9. The number of anilines is 1. The van der Waals surface area contributed by atoms with E-state index in [1.807, 2.05) is 11.0 Å². The molecular weight excluding hydrogens is 697 g/mol. The van der Waals surface area contributed by atoms with Crippen LogP contribution in [0.3, 0.4) is 0 Å². The molecule has 8 rings (SSSR count). The Hall–Kier alpha value is -4.84. The molecule has 4 fully saturated rings. The lowest BCUT2D eigenvalue weighted by atomic mass is 9.95. The summed E-state index contributed by atoms with van der Waals surface area (Å²) in [5.74, 6) is -0.843. The predicted octanol–water partition coefficient (Wildman–Crippen LogP) is 5.21. The molecule has 2 aromatic heterocycles. The molecular formula is C40H43F3N8O3. The number of carbonyl (C=O) groups excluding carboxylic acids is 1. The Labute approximate surface area is 312 Å². The molecule has 11 nitrogen and oxygen atoms in total. The number of benzene rings is 2. The average molecular weight is 741 g/mol. The molecule has 4 saturated heterocycles. The summed E-state index contributed by atoms with van der Waals surface area (Å²) in [6.07, 6.45) is 6.17. The van der Waals surface area contributed by atoms with E-state index in [1.165, 1.54) is 12.3 Å². The highest BCUT2D eigenvalue weighted by Crippen LogP contribution is 2.41. The van der Waals surface area contributed by atoms with Gasteiger partial charge in [-0.15, -0.1) is 0 Å². The second-order valence-corrected chi connectivity index (χ2v) is 14.8. The minimum absolute atomic E-state index is 0.00668. The molecule has 0 unspecified atom stereocenters. The number of aromatic nitrogens is 3. The van der Waals surface area contributed by atoms with Crippen molar-refractivity contribution in [1.82, 2.24) is 29.7 Å². The van der Waals surface area contributed by atoms with Crippen molar-refractivity contribution in [2.45, 2.75) is 50.4 Å². The minimum atomic E-state index is -0.948. The first-order valence-electron chi connectivity index (χ1n) is 18.7. The van der Waals surface area contributed by atoms with Crippen molar-refractivity contribution in [3.8, 4) is 23.3 Å². The van der Waals surface area contributed by atoms with Gasteiger partial charge in [0.15, 0.2) is 5.82 Å². The molecule has 4 aliphatic heterocycles. The lowest BCUT2D eigenvalue weighted by molar-refractivity contribution is -0.128. The number of halogens is 3. The van der Waals surface area contributed by atoms with Gasteiger partial charge < -0.3 is 19.3 Å². The van der Waals surface area contributed by atoms with Crippen LogP contribution in [0.2, 0.25) is 0 Å². The molecule has 0 N–H and O–H groups in total. The third kappa shape index (κ3) is 6.85. The Morgan fingerprint density at radius 1 is 1.07 bits per heavy atom. The molecule has 0 bridgehead atoms. The molecule has 0 radical (unpaired) electrons. The minimum Gasteiger partial charge on any atom is -0.461 e. The number of morpholine rings is 1. The molecule has 14 heteroatoms. The Morgan fingerprint density at radius 2 is 1.93 bits per heavy atom. The van der Waals surface area contributed by atoms with Crippen LogP contribution in [0.15, 0.2) is 48.7 Å². The average Bonchev–Trinajstić information content (AvgIpc) is 3.71. The van der Waals surface area contributed by atoms with Crippen LogP contribution in [-0.2, 0) is 9.53 Å². The summed E-state index contributed by atoms with van der Waals surface area (Å²) in [7, 11) is 0. The number of hydrogen-bond donors (Lipinski definition) is 0. The smallest absolute Gasteiger partial charge is 0.319 e. The third-order valence-electron chi connectivity index (χ3n) is 11.5. The van der Waals surface area contributed by atoms with Crippen LogP contribution in [0.4, 0.5) is 19.0 Å². The van der Waals surface area contributed by atoms with Crippen LogP contribution >= 0.6 is 0 Å². The number of amides is 1. The number of aryl methyl sites for hydroxylation is 1. The molecule has 282 valence electrons. The van der Waals surface area contributed by atoms with Gasteiger partial charge in [0.2, 0.25) is 5.91 Å². The summed E-state index contributed by atoms with van der Waals surface area (Å²) in [6, 6.07) is 10.00. The first kappa shape index (κ1) is 36.2. The van der Waals surface area contributed by atoms with Gasteiger partial charge in [-0.25, -0.2) is 13.2 Å². The molecule has 3 atom stereocenters. The van der Waals surface area contributed by atoms with Crippen LogP contribution in [0.5, 0.6) is 6.01 Å². The fraction of sp³-hybridized carbons (Fsp3) is 0.475. The van der Waals surface area contributed by atoms with E-state index in [9.17, 15) is 18.8 Å². The fourth-order valence-corrected chi connectivity index (χ4v) is 8.65. The molecule has 0 saturated carbocycles. The van der Waals surface area contributed by atoms with Gasteiger partial charge in [0, 0.05) is 70.1 Å². The van der Waals surface area contributed by atoms with Crippen molar-refractivity contribution in [2.24, 2.45) is 0 Å². The molecule has 4 aliphatic rings. The van der Waals surface area contributed by atoms with Gasteiger partial charge in [-0.2, -0.15) is 15.2 Å². The van der Waals surface area contributed by atoms with Gasteiger partial charge in [0.25, 0.3) is 0 Å². The Morgan fingerprint density at radius 3 is 2.76 bits per heavy atom. The summed E-state index contributed by atoms with van der Waals surface area (Å²) in [4.78, 5) is 35.4. The van der Waals surface area contributed by atoms with Gasteiger partial charge in [0.05, 0.1) is 42.7 Å². The number of ether oxygens (including phenoxy) is 2. The summed E-state index contributed by atoms with van der Waals surface area (Å²) in [5.41, 5.74) is 0.507. The van der Waals surface area contributed by atoms with Crippen molar-refractivity contribution in [3.63, 3.8) is 0 Å². The zero-order valence-corrected chi connectivity index (χ0v) is 30.3. The monoisotopic (exact) mass is 740 g/mol. The molecule has 6 heterocycles. The van der Waals surface area contributed by atoms with Crippen molar-refractivity contribution in [1.29, 1.82) is 5.26 Å². The second kappa shape index (κ2) is 15.1. The Bertz CT molecular complexity index is 2140. The molecule has 0 aliphatic carbocycles. The number of fused-ring (bicyclic) bond motifs is 3. The van der Waals surface area contributed by atoms with E-state index in [0.29, 0.717) is 78.9 Å². The maximum Gasteiger partial charge on any atom is 0.319 e. The first-order chi connectivity index (χ1) is 26.2. The highest BCUT2D eigenvalue weighted by atomic mass is 19.1. The number of nitrogens with zero attached hydrogens (tertiary/aromatic N) is 8.